The quantitative estimate of drug-likeness (QED) is 0.247. The fourth-order valence-electron chi connectivity index (χ4n) is 4.33. The van der Waals surface area contributed by atoms with Crippen molar-refractivity contribution in [3.05, 3.63) is 59.8 Å². The molecule has 1 aromatic heterocycles. The number of hydrogen-bond donors (Lipinski definition) is 5. The van der Waals surface area contributed by atoms with E-state index in [4.69, 9.17) is 18.9 Å². The van der Waals surface area contributed by atoms with E-state index in [1.54, 1.807) is 42.5 Å². The maximum Gasteiger partial charge on any atom is 0.341 e. The third-order valence-corrected chi connectivity index (χ3v) is 6.30. The molecule has 40 heavy (non-hydrogen) atoms. The lowest BCUT2D eigenvalue weighted by Gasteiger charge is -2.42. The van der Waals surface area contributed by atoms with Crippen molar-refractivity contribution >= 4 is 40.1 Å². The zero-order valence-corrected chi connectivity index (χ0v) is 21.9. The minimum atomic E-state index is -1.48. The maximum atomic E-state index is 12.6. The van der Waals surface area contributed by atoms with Crippen molar-refractivity contribution in [2.45, 2.75) is 37.6 Å². The van der Waals surface area contributed by atoms with E-state index < -0.39 is 55.1 Å². The number of aromatic nitrogens is 1. The van der Waals surface area contributed by atoms with Crippen LogP contribution in [0, 0.1) is 0 Å². The summed E-state index contributed by atoms with van der Waals surface area (Å²) in [6.45, 7) is 0.647. The van der Waals surface area contributed by atoms with Crippen LogP contribution in [0.1, 0.15) is 27.6 Å². The van der Waals surface area contributed by atoms with Crippen LogP contribution in [0.3, 0.4) is 0 Å². The Kier molecular flexibility index (Phi) is 8.80. The molecule has 212 valence electrons. The standard InChI is InChI=1S/C27H29N3O10/c1-13(32)29-22-24(34)23(33)20(12-31)40-27(22)39-16-6-4-5-15(10-16)30-21-17-9-14(25(35)37-2)7-8-19(17)28-11-18(21)26(36)38-3/h4-11,20,22-24,27,31,33-34H,12H2,1-3H3,(H,28,30)(H,29,32)/t20-,22-,23+,24-,27-/m1/s1. The van der Waals surface area contributed by atoms with Crippen molar-refractivity contribution in [2.75, 3.05) is 26.1 Å². The van der Waals surface area contributed by atoms with Crippen LogP contribution in [0.5, 0.6) is 5.75 Å². The molecular weight excluding hydrogens is 526 g/mol. The molecule has 0 unspecified atom stereocenters. The van der Waals surface area contributed by atoms with Crippen molar-refractivity contribution in [1.82, 2.24) is 10.3 Å². The maximum absolute atomic E-state index is 12.6. The van der Waals surface area contributed by atoms with Gasteiger partial charge in [-0.3, -0.25) is 9.78 Å². The highest BCUT2D eigenvalue weighted by molar-refractivity contribution is 6.07. The number of rotatable bonds is 8. The summed E-state index contributed by atoms with van der Waals surface area (Å²) in [5, 5.41) is 36.5. The molecule has 0 aliphatic carbocycles. The van der Waals surface area contributed by atoms with Crippen LogP contribution in [0.2, 0.25) is 0 Å². The largest absolute Gasteiger partial charge is 0.465 e. The van der Waals surface area contributed by atoms with Gasteiger partial charge in [0.2, 0.25) is 12.2 Å². The van der Waals surface area contributed by atoms with E-state index in [1.807, 2.05) is 0 Å². The Morgan fingerprint density at radius 3 is 2.45 bits per heavy atom. The lowest BCUT2D eigenvalue weighted by Crippen LogP contribution is -2.65. The molecule has 2 heterocycles. The van der Waals surface area contributed by atoms with Gasteiger partial charge in [0, 0.05) is 30.3 Å². The molecule has 0 spiro atoms. The van der Waals surface area contributed by atoms with Gasteiger partial charge in [0.05, 0.1) is 37.6 Å². The number of fused-ring (bicyclic) bond motifs is 1. The number of ether oxygens (including phenoxy) is 4. The van der Waals surface area contributed by atoms with Gasteiger partial charge in [-0.25, -0.2) is 9.59 Å². The summed E-state index contributed by atoms with van der Waals surface area (Å²) in [6.07, 6.45) is -3.99. The molecule has 4 rings (SSSR count). The summed E-state index contributed by atoms with van der Waals surface area (Å²) < 4.78 is 21.3. The van der Waals surface area contributed by atoms with Crippen molar-refractivity contribution in [3.63, 3.8) is 0 Å². The van der Waals surface area contributed by atoms with E-state index in [2.05, 4.69) is 15.6 Å². The number of nitrogens with zero attached hydrogens (tertiary/aromatic N) is 1. The summed E-state index contributed by atoms with van der Waals surface area (Å²) in [5.41, 5.74) is 1.60. The van der Waals surface area contributed by atoms with Crippen molar-refractivity contribution in [2.24, 2.45) is 0 Å². The lowest BCUT2D eigenvalue weighted by atomic mass is 9.97. The van der Waals surface area contributed by atoms with Crippen LogP contribution in [0.25, 0.3) is 10.9 Å². The first-order chi connectivity index (χ1) is 19.2. The van der Waals surface area contributed by atoms with E-state index in [9.17, 15) is 29.7 Å². The third kappa shape index (κ3) is 5.97. The molecule has 2 aromatic carbocycles. The number of pyridine rings is 1. The molecule has 5 N–H and O–H groups in total. The number of carbonyl (C=O) groups is 3. The Morgan fingerprint density at radius 2 is 1.77 bits per heavy atom. The molecule has 1 aliphatic heterocycles. The zero-order valence-electron chi connectivity index (χ0n) is 21.9. The van der Waals surface area contributed by atoms with Gasteiger partial charge in [0.15, 0.2) is 0 Å². The lowest BCUT2D eigenvalue weighted by molar-refractivity contribution is -0.244. The van der Waals surface area contributed by atoms with Gasteiger partial charge >= 0.3 is 11.9 Å². The predicted octanol–water partition coefficient (Wildman–Crippen LogP) is 0.874. The van der Waals surface area contributed by atoms with Crippen LogP contribution in [0.4, 0.5) is 11.4 Å². The third-order valence-electron chi connectivity index (χ3n) is 6.30. The average Bonchev–Trinajstić information content (AvgIpc) is 2.96. The molecule has 1 saturated heterocycles. The fraction of sp³-hybridized carbons (Fsp3) is 0.333. The van der Waals surface area contributed by atoms with E-state index in [0.717, 1.165) is 0 Å². The van der Waals surface area contributed by atoms with Crippen molar-refractivity contribution < 1.29 is 48.7 Å². The predicted molar refractivity (Wildman–Crippen MR) is 140 cm³/mol. The number of aliphatic hydroxyl groups excluding tert-OH is 3. The fourth-order valence-corrected chi connectivity index (χ4v) is 4.33. The number of methoxy groups -OCH3 is 2. The Morgan fingerprint density at radius 1 is 1.02 bits per heavy atom. The SMILES string of the molecule is COC(=O)c1ccc2ncc(C(=O)OC)c(Nc3cccc(O[C@@H]4O[C@H](CO)[C@H](O)[C@H](O)[C@H]4NC(C)=O)c3)c2c1. The average molecular weight is 556 g/mol. The van der Waals surface area contributed by atoms with Crippen LogP contribution in [0.15, 0.2) is 48.7 Å². The van der Waals surface area contributed by atoms with E-state index in [1.165, 1.54) is 27.3 Å². The Balaban J connectivity index is 1.69. The summed E-state index contributed by atoms with van der Waals surface area (Å²) in [4.78, 5) is 40.8. The Labute approximate surface area is 228 Å². The highest BCUT2D eigenvalue weighted by atomic mass is 16.7. The summed E-state index contributed by atoms with van der Waals surface area (Å²) in [7, 11) is 2.49. The molecule has 1 aliphatic rings. The van der Waals surface area contributed by atoms with Crippen LogP contribution < -0.4 is 15.4 Å². The highest BCUT2D eigenvalue weighted by Gasteiger charge is 2.46. The number of benzene rings is 2. The summed E-state index contributed by atoms with van der Waals surface area (Å²) in [5.74, 6) is -1.48. The number of carbonyl (C=O) groups excluding carboxylic acids is 3. The smallest absolute Gasteiger partial charge is 0.341 e. The number of anilines is 2. The Bertz CT molecular complexity index is 1410. The van der Waals surface area contributed by atoms with Crippen LogP contribution in [-0.4, -0.2) is 89.6 Å². The van der Waals surface area contributed by atoms with Gasteiger partial charge in [0.25, 0.3) is 0 Å². The first-order valence-corrected chi connectivity index (χ1v) is 12.2. The molecule has 1 fully saturated rings. The first-order valence-electron chi connectivity index (χ1n) is 12.2. The minimum absolute atomic E-state index is 0.104. The van der Waals surface area contributed by atoms with Gasteiger partial charge in [0.1, 0.15) is 35.7 Å². The van der Waals surface area contributed by atoms with Gasteiger partial charge in [-0.2, -0.15) is 0 Å². The first kappa shape index (κ1) is 28.7. The van der Waals surface area contributed by atoms with Gasteiger partial charge < -0.3 is 44.9 Å². The number of hydrogen-bond acceptors (Lipinski definition) is 12. The Hall–Kier alpha value is -4.30. The minimum Gasteiger partial charge on any atom is -0.465 e. The summed E-state index contributed by atoms with van der Waals surface area (Å²) in [6, 6.07) is 10.1. The molecule has 3 aromatic rings. The second-order valence-electron chi connectivity index (χ2n) is 8.97. The normalized spacial score (nSPS) is 22.3. The highest BCUT2D eigenvalue weighted by Crippen LogP contribution is 2.32. The van der Waals surface area contributed by atoms with Gasteiger partial charge in [-0.1, -0.05) is 6.07 Å². The molecule has 5 atom stereocenters. The van der Waals surface area contributed by atoms with E-state index in [0.29, 0.717) is 22.3 Å². The molecular formula is C27H29N3O10. The number of nitrogens with one attached hydrogen (secondary N) is 2. The second-order valence-corrected chi connectivity index (χ2v) is 8.97. The number of amides is 1. The topological polar surface area (TPSA) is 186 Å². The summed E-state index contributed by atoms with van der Waals surface area (Å²) >= 11 is 0. The monoisotopic (exact) mass is 555 g/mol. The van der Waals surface area contributed by atoms with E-state index in [-0.39, 0.29) is 16.9 Å². The number of aliphatic hydroxyl groups is 3. The van der Waals surface area contributed by atoms with Crippen LogP contribution in [-0.2, 0) is 19.0 Å². The number of esters is 2. The second kappa shape index (κ2) is 12.3. The zero-order chi connectivity index (χ0) is 29.0. The molecule has 1 amide bonds. The van der Waals surface area contributed by atoms with Gasteiger partial charge in [-0.15, -0.1) is 0 Å². The molecule has 13 nitrogen and oxygen atoms in total. The molecule has 0 radical (unpaired) electrons. The van der Waals surface area contributed by atoms with Gasteiger partial charge in [-0.05, 0) is 30.3 Å². The molecule has 0 saturated carbocycles. The van der Waals surface area contributed by atoms with Crippen LogP contribution >= 0.6 is 0 Å². The van der Waals surface area contributed by atoms with Crippen molar-refractivity contribution in [3.8, 4) is 5.75 Å². The van der Waals surface area contributed by atoms with Crippen molar-refractivity contribution in [1.29, 1.82) is 0 Å². The molecule has 13 heteroatoms. The molecule has 0 bridgehead atoms. The van der Waals surface area contributed by atoms with E-state index >= 15 is 0 Å².